The molecule has 0 aromatic rings. The van der Waals surface area contributed by atoms with Gasteiger partial charge in [0, 0.05) is 26.7 Å². The minimum Gasteiger partial charge on any atom is -0.396 e. The minimum atomic E-state index is -3.36. The lowest BCUT2D eigenvalue weighted by atomic mass is 10.2. The highest BCUT2D eigenvalue weighted by molar-refractivity contribution is 7.87. The average molecular weight is 224 g/mol. The monoisotopic (exact) mass is 224 g/mol. The van der Waals surface area contributed by atoms with Gasteiger partial charge < -0.3 is 5.11 Å². The summed E-state index contributed by atoms with van der Waals surface area (Å²) in [5.41, 5.74) is 0. The summed E-state index contributed by atoms with van der Waals surface area (Å²) in [6.45, 7) is 4.66. The molecular formula is C8H20N2O3S. The normalized spacial score (nSPS) is 12.7. The van der Waals surface area contributed by atoms with E-state index in [1.54, 1.807) is 0 Å². The van der Waals surface area contributed by atoms with Crippen LogP contribution in [0.25, 0.3) is 0 Å². The van der Waals surface area contributed by atoms with Crippen molar-refractivity contribution in [1.82, 2.24) is 9.03 Å². The molecule has 0 aliphatic heterocycles. The summed E-state index contributed by atoms with van der Waals surface area (Å²) in [7, 11) is -1.86. The molecule has 0 saturated carbocycles. The molecule has 0 rings (SSSR count). The van der Waals surface area contributed by atoms with Crippen molar-refractivity contribution in [2.24, 2.45) is 5.92 Å². The van der Waals surface area contributed by atoms with Crippen molar-refractivity contribution in [3.05, 3.63) is 0 Å². The van der Waals surface area contributed by atoms with Crippen LogP contribution in [-0.2, 0) is 10.2 Å². The molecule has 0 bridgehead atoms. The Morgan fingerprint density at radius 3 is 2.43 bits per heavy atom. The van der Waals surface area contributed by atoms with Crippen LogP contribution in [0.2, 0.25) is 0 Å². The molecule has 0 amide bonds. The first-order valence-electron chi connectivity index (χ1n) is 4.72. The molecule has 0 aromatic carbocycles. The maximum Gasteiger partial charge on any atom is 0.279 e. The molecule has 0 aromatic heterocycles. The van der Waals surface area contributed by atoms with Crippen molar-refractivity contribution in [2.45, 2.75) is 20.3 Å². The molecule has 0 heterocycles. The Hall–Kier alpha value is -0.170. The molecule has 86 valence electrons. The average Bonchev–Trinajstić information content (AvgIpc) is 2.11. The van der Waals surface area contributed by atoms with Gasteiger partial charge in [-0.15, -0.1) is 0 Å². The van der Waals surface area contributed by atoms with E-state index in [1.807, 2.05) is 13.8 Å². The number of aliphatic hydroxyl groups excluding tert-OH is 1. The van der Waals surface area contributed by atoms with Crippen molar-refractivity contribution in [2.75, 3.05) is 26.7 Å². The molecule has 0 fully saturated rings. The summed E-state index contributed by atoms with van der Waals surface area (Å²) >= 11 is 0. The van der Waals surface area contributed by atoms with E-state index in [9.17, 15) is 8.42 Å². The van der Waals surface area contributed by atoms with Crippen LogP contribution in [0.3, 0.4) is 0 Å². The predicted molar refractivity (Wildman–Crippen MR) is 56.1 cm³/mol. The number of hydrogen-bond donors (Lipinski definition) is 2. The first-order chi connectivity index (χ1) is 6.40. The van der Waals surface area contributed by atoms with E-state index in [4.69, 9.17) is 5.11 Å². The smallest absolute Gasteiger partial charge is 0.279 e. The molecule has 0 atom stereocenters. The molecule has 6 heteroatoms. The van der Waals surface area contributed by atoms with E-state index in [0.29, 0.717) is 19.5 Å². The van der Waals surface area contributed by atoms with Gasteiger partial charge in [-0.25, -0.2) is 4.72 Å². The van der Waals surface area contributed by atoms with Gasteiger partial charge in [0.1, 0.15) is 0 Å². The summed E-state index contributed by atoms with van der Waals surface area (Å²) in [4.78, 5) is 0. The van der Waals surface area contributed by atoms with E-state index in [2.05, 4.69) is 4.72 Å². The lowest BCUT2D eigenvalue weighted by Crippen LogP contribution is -2.40. The molecule has 2 N–H and O–H groups in total. The quantitative estimate of drug-likeness (QED) is 0.629. The van der Waals surface area contributed by atoms with Crippen LogP contribution in [0.4, 0.5) is 0 Å². The summed E-state index contributed by atoms with van der Waals surface area (Å²) in [6.07, 6.45) is 0.457. The second kappa shape index (κ2) is 6.34. The van der Waals surface area contributed by atoms with Crippen molar-refractivity contribution in [3.8, 4) is 0 Å². The van der Waals surface area contributed by atoms with Crippen LogP contribution >= 0.6 is 0 Å². The van der Waals surface area contributed by atoms with Gasteiger partial charge in [-0.2, -0.15) is 12.7 Å². The minimum absolute atomic E-state index is 0.00401. The van der Waals surface area contributed by atoms with Gasteiger partial charge in [-0.3, -0.25) is 0 Å². The lowest BCUT2D eigenvalue weighted by Gasteiger charge is -2.17. The third kappa shape index (κ3) is 5.54. The highest BCUT2D eigenvalue weighted by Gasteiger charge is 2.16. The van der Waals surface area contributed by atoms with Gasteiger partial charge in [0.05, 0.1) is 0 Å². The van der Waals surface area contributed by atoms with Crippen LogP contribution in [0.15, 0.2) is 0 Å². The van der Waals surface area contributed by atoms with Crippen molar-refractivity contribution in [1.29, 1.82) is 0 Å². The Bertz CT molecular complexity index is 239. The van der Waals surface area contributed by atoms with E-state index in [0.717, 1.165) is 0 Å². The number of rotatable bonds is 7. The fourth-order valence-corrected chi connectivity index (χ4v) is 1.93. The van der Waals surface area contributed by atoms with Gasteiger partial charge in [0.25, 0.3) is 10.2 Å². The zero-order valence-corrected chi connectivity index (χ0v) is 9.84. The van der Waals surface area contributed by atoms with Crippen LogP contribution in [0, 0.1) is 5.92 Å². The highest BCUT2D eigenvalue weighted by atomic mass is 32.2. The molecule has 0 aliphatic rings. The van der Waals surface area contributed by atoms with Crippen molar-refractivity contribution < 1.29 is 13.5 Å². The fraction of sp³-hybridized carbons (Fsp3) is 1.00. The highest BCUT2D eigenvalue weighted by Crippen LogP contribution is 1.97. The maximum atomic E-state index is 11.5. The number of nitrogens with zero attached hydrogens (tertiary/aromatic N) is 1. The molecule has 0 spiro atoms. The maximum absolute atomic E-state index is 11.5. The molecule has 0 saturated heterocycles. The zero-order valence-electron chi connectivity index (χ0n) is 9.02. The van der Waals surface area contributed by atoms with Crippen molar-refractivity contribution >= 4 is 10.2 Å². The Morgan fingerprint density at radius 1 is 1.43 bits per heavy atom. The Balaban J connectivity index is 4.04. The van der Waals surface area contributed by atoms with Gasteiger partial charge >= 0.3 is 0 Å². The third-order valence-electron chi connectivity index (χ3n) is 1.72. The Morgan fingerprint density at radius 2 is 2.00 bits per heavy atom. The first kappa shape index (κ1) is 13.8. The molecule has 5 nitrogen and oxygen atoms in total. The predicted octanol–water partition coefficient (Wildman–Crippen LogP) is -0.209. The summed E-state index contributed by atoms with van der Waals surface area (Å²) < 4.78 is 26.6. The molecule has 14 heavy (non-hydrogen) atoms. The summed E-state index contributed by atoms with van der Waals surface area (Å²) in [5, 5.41) is 8.56. The van der Waals surface area contributed by atoms with Gasteiger partial charge in [0.15, 0.2) is 0 Å². The van der Waals surface area contributed by atoms with Gasteiger partial charge in [0.2, 0.25) is 0 Å². The summed E-state index contributed by atoms with van der Waals surface area (Å²) in [5.74, 6) is 0.288. The van der Waals surface area contributed by atoms with E-state index >= 15 is 0 Å². The van der Waals surface area contributed by atoms with Crippen LogP contribution in [-0.4, -0.2) is 44.6 Å². The molecular weight excluding hydrogens is 204 g/mol. The van der Waals surface area contributed by atoms with Crippen LogP contribution < -0.4 is 4.72 Å². The lowest BCUT2D eigenvalue weighted by molar-refractivity contribution is 0.275. The van der Waals surface area contributed by atoms with Gasteiger partial charge in [-0.05, 0) is 12.3 Å². The summed E-state index contributed by atoms with van der Waals surface area (Å²) in [6, 6.07) is 0. The van der Waals surface area contributed by atoms with Crippen molar-refractivity contribution in [3.63, 3.8) is 0 Å². The molecule has 0 unspecified atom stereocenters. The number of aliphatic hydroxyl groups is 1. The largest absolute Gasteiger partial charge is 0.396 e. The fourth-order valence-electron chi connectivity index (χ4n) is 0.796. The number of hydrogen-bond acceptors (Lipinski definition) is 3. The third-order valence-corrected chi connectivity index (χ3v) is 3.25. The standard InChI is InChI=1S/C8H20N2O3S/c1-8(2)7-9-14(12,13)10(3)5-4-6-11/h8-9,11H,4-7H2,1-3H3. The van der Waals surface area contributed by atoms with E-state index < -0.39 is 10.2 Å². The Kier molecular flexibility index (Phi) is 6.26. The first-order valence-corrected chi connectivity index (χ1v) is 6.16. The molecule has 0 aliphatic carbocycles. The van der Waals surface area contributed by atoms with Crippen LogP contribution in [0.5, 0.6) is 0 Å². The Labute approximate surface area is 86.3 Å². The topological polar surface area (TPSA) is 69.6 Å². The number of nitrogens with one attached hydrogen (secondary N) is 1. The van der Waals surface area contributed by atoms with Gasteiger partial charge in [-0.1, -0.05) is 13.8 Å². The SMILES string of the molecule is CC(C)CNS(=O)(=O)N(C)CCCO. The second-order valence-corrected chi connectivity index (χ2v) is 5.51. The second-order valence-electron chi connectivity index (χ2n) is 3.65. The van der Waals surface area contributed by atoms with Crippen LogP contribution in [0.1, 0.15) is 20.3 Å². The molecule has 0 radical (unpaired) electrons. The van der Waals surface area contributed by atoms with E-state index in [-0.39, 0.29) is 12.5 Å². The van der Waals surface area contributed by atoms with E-state index in [1.165, 1.54) is 11.4 Å². The zero-order chi connectivity index (χ0) is 11.2.